The van der Waals surface area contributed by atoms with Gasteiger partial charge in [0.1, 0.15) is 0 Å². The van der Waals surface area contributed by atoms with Gasteiger partial charge in [0.05, 0.1) is 5.52 Å². The standard InChI is InChI=1S/C20H20N2/c1-2-6-16(7-3-1)15-22-13-5-9-20(22)18-10-11-19-17(14-18)8-4-12-21-19/h1-4,6-8,10-12,14,20H,5,9,13,15H2/t20-/m0/s1. The summed E-state index contributed by atoms with van der Waals surface area (Å²) >= 11 is 0. The second kappa shape index (κ2) is 5.90. The zero-order valence-corrected chi connectivity index (χ0v) is 12.7. The van der Waals surface area contributed by atoms with Gasteiger partial charge in [0.15, 0.2) is 0 Å². The van der Waals surface area contributed by atoms with Gasteiger partial charge in [-0.25, -0.2) is 0 Å². The normalized spacial score (nSPS) is 18.8. The van der Waals surface area contributed by atoms with E-state index in [-0.39, 0.29) is 0 Å². The molecule has 0 spiro atoms. The monoisotopic (exact) mass is 288 g/mol. The Labute approximate surface area is 131 Å². The van der Waals surface area contributed by atoms with Gasteiger partial charge >= 0.3 is 0 Å². The molecule has 2 heteroatoms. The molecule has 2 aromatic carbocycles. The van der Waals surface area contributed by atoms with Crippen LogP contribution >= 0.6 is 0 Å². The van der Waals surface area contributed by atoms with E-state index in [2.05, 4.69) is 64.5 Å². The van der Waals surface area contributed by atoms with Crippen LogP contribution < -0.4 is 0 Å². The first-order chi connectivity index (χ1) is 10.9. The Morgan fingerprint density at radius 1 is 1.00 bits per heavy atom. The van der Waals surface area contributed by atoms with E-state index in [1.807, 2.05) is 12.3 Å². The van der Waals surface area contributed by atoms with Crippen molar-refractivity contribution in [3.8, 4) is 0 Å². The van der Waals surface area contributed by atoms with Gasteiger partial charge in [0.25, 0.3) is 0 Å². The van der Waals surface area contributed by atoms with Crippen LogP contribution in [0.15, 0.2) is 66.9 Å². The number of rotatable bonds is 3. The fourth-order valence-electron chi connectivity index (χ4n) is 3.51. The summed E-state index contributed by atoms with van der Waals surface area (Å²) in [6.07, 6.45) is 4.39. The van der Waals surface area contributed by atoms with Crippen molar-refractivity contribution in [1.82, 2.24) is 9.88 Å². The number of aromatic nitrogens is 1. The number of hydrogen-bond donors (Lipinski definition) is 0. The third-order valence-electron chi connectivity index (χ3n) is 4.60. The van der Waals surface area contributed by atoms with Crippen molar-refractivity contribution in [2.24, 2.45) is 0 Å². The van der Waals surface area contributed by atoms with Gasteiger partial charge in [0.2, 0.25) is 0 Å². The van der Waals surface area contributed by atoms with Crippen molar-refractivity contribution in [3.63, 3.8) is 0 Å². The molecule has 0 amide bonds. The minimum Gasteiger partial charge on any atom is -0.292 e. The molecule has 1 fully saturated rings. The highest BCUT2D eigenvalue weighted by Gasteiger charge is 2.25. The van der Waals surface area contributed by atoms with Crippen LogP contribution in [0.25, 0.3) is 10.9 Å². The van der Waals surface area contributed by atoms with E-state index >= 15 is 0 Å². The fraction of sp³-hybridized carbons (Fsp3) is 0.250. The summed E-state index contributed by atoms with van der Waals surface area (Å²) < 4.78 is 0. The summed E-state index contributed by atoms with van der Waals surface area (Å²) in [4.78, 5) is 7.03. The predicted octanol–water partition coefficient (Wildman–Crippen LogP) is 4.57. The minimum atomic E-state index is 0.532. The van der Waals surface area contributed by atoms with Gasteiger partial charge in [-0.1, -0.05) is 42.5 Å². The lowest BCUT2D eigenvalue weighted by Gasteiger charge is -2.25. The van der Waals surface area contributed by atoms with E-state index in [0.717, 1.165) is 12.1 Å². The molecule has 4 rings (SSSR count). The SMILES string of the molecule is c1ccc(CN2CCC[C@H]2c2ccc3ncccc3c2)cc1. The number of nitrogens with zero attached hydrogens (tertiary/aromatic N) is 2. The lowest BCUT2D eigenvalue weighted by molar-refractivity contribution is 0.248. The Morgan fingerprint density at radius 2 is 1.91 bits per heavy atom. The fourth-order valence-corrected chi connectivity index (χ4v) is 3.51. The maximum Gasteiger partial charge on any atom is 0.0702 e. The van der Waals surface area contributed by atoms with E-state index in [0.29, 0.717) is 6.04 Å². The summed E-state index contributed by atoms with van der Waals surface area (Å²) in [6, 6.07) is 22.2. The first-order valence-corrected chi connectivity index (χ1v) is 8.03. The van der Waals surface area contributed by atoms with E-state index in [4.69, 9.17) is 0 Å². The van der Waals surface area contributed by atoms with E-state index in [1.54, 1.807) is 0 Å². The molecule has 0 unspecified atom stereocenters. The molecular formula is C20H20N2. The lowest BCUT2D eigenvalue weighted by atomic mass is 10.0. The quantitative estimate of drug-likeness (QED) is 0.701. The maximum atomic E-state index is 4.42. The van der Waals surface area contributed by atoms with Crippen molar-refractivity contribution < 1.29 is 0 Å². The van der Waals surface area contributed by atoms with E-state index < -0.39 is 0 Å². The van der Waals surface area contributed by atoms with Gasteiger partial charge in [0, 0.05) is 24.2 Å². The van der Waals surface area contributed by atoms with Crippen LogP contribution in [0.4, 0.5) is 0 Å². The second-order valence-corrected chi connectivity index (χ2v) is 6.07. The third-order valence-corrected chi connectivity index (χ3v) is 4.60. The maximum absolute atomic E-state index is 4.42. The summed E-state index contributed by atoms with van der Waals surface area (Å²) in [7, 11) is 0. The molecule has 1 aliphatic rings. The number of pyridine rings is 1. The molecule has 0 radical (unpaired) electrons. The minimum absolute atomic E-state index is 0.532. The van der Waals surface area contributed by atoms with Crippen LogP contribution in [0.3, 0.4) is 0 Å². The summed E-state index contributed by atoms with van der Waals surface area (Å²) in [6.45, 7) is 2.22. The third kappa shape index (κ3) is 2.62. The van der Waals surface area contributed by atoms with Crippen molar-refractivity contribution in [3.05, 3.63) is 78.0 Å². The molecule has 1 aliphatic heterocycles. The average Bonchev–Trinajstić information content (AvgIpc) is 3.03. The van der Waals surface area contributed by atoms with Crippen molar-refractivity contribution >= 4 is 10.9 Å². The summed E-state index contributed by atoms with van der Waals surface area (Å²) in [5.41, 5.74) is 3.91. The molecule has 0 N–H and O–H groups in total. The van der Waals surface area contributed by atoms with Crippen molar-refractivity contribution in [2.45, 2.75) is 25.4 Å². The van der Waals surface area contributed by atoms with Crippen LogP contribution in [-0.2, 0) is 6.54 Å². The highest BCUT2D eigenvalue weighted by Crippen LogP contribution is 2.34. The second-order valence-electron chi connectivity index (χ2n) is 6.07. The summed E-state index contributed by atoms with van der Waals surface area (Å²) in [5.74, 6) is 0. The molecule has 1 aromatic heterocycles. The molecular weight excluding hydrogens is 268 g/mol. The van der Waals surface area contributed by atoms with Crippen LogP contribution in [0, 0.1) is 0 Å². The Balaban J connectivity index is 1.61. The lowest BCUT2D eigenvalue weighted by Crippen LogP contribution is -2.22. The van der Waals surface area contributed by atoms with Gasteiger partial charge < -0.3 is 0 Å². The largest absolute Gasteiger partial charge is 0.292 e. The Kier molecular flexibility index (Phi) is 3.61. The average molecular weight is 288 g/mol. The first-order valence-electron chi connectivity index (χ1n) is 8.03. The molecule has 0 aliphatic carbocycles. The van der Waals surface area contributed by atoms with E-state index in [9.17, 15) is 0 Å². The van der Waals surface area contributed by atoms with E-state index in [1.165, 1.54) is 35.9 Å². The van der Waals surface area contributed by atoms with Gasteiger partial charge in [-0.05, 0) is 48.7 Å². The molecule has 22 heavy (non-hydrogen) atoms. The highest BCUT2D eigenvalue weighted by molar-refractivity contribution is 5.79. The topological polar surface area (TPSA) is 16.1 Å². The molecule has 1 saturated heterocycles. The first kappa shape index (κ1) is 13.5. The molecule has 3 aromatic rings. The number of hydrogen-bond acceptors (Lipinski definition) is 2. The van der Waals surface area contributed by atoms with Crippen LogP contribution in [0.5, 0.6) is 0 Å². The van der Waals surface area contributed by atoms with Crippen LogP contribution in [-0.4, -0.2) is 16.4 Å². The van der Waals surface area contributed by atoms with Gasteiger partial charge in [-0.15, -0.1) is 0 Å². The number of likely N-dealkylation sites (tertiary alicyclic amines) is 1. The number of fused-ring (bicyclic) bond motifs is 1. The zero-order chi connectivity index (χ0) is 14.8. The molecule has 0 saturated carbocycles. The molecule has 1 atom stereocenters. The molecule has 110 valence electrons. The van der Waals surface area contributed by atoms with Crippen LogP contribution in [0.2, 0.25) is 0 Å². The smallest absolute Gasteiger partial charge is 0.0702 e. The van der Waals surface area contributed by atoms with Crippen LogP contribution in [0.1, 0.15) is 30.0 Å². The molecule has 0 bridgehead atoms. The zero-order valence-electron chi connectivity index (χ0n) is 12.7. The Hall–Kier alpha value is -2.19. The molecule has 2 nitrogen and oxygen atoms in total. The summed E-state index contributed by atoms with van der Waals surface area (Å²) in [5, 5.41) is 1.24. The Bertz CT molecular complexity index is 767. The highest BCUT2D eigenvalue weighted by atomic mass is 15.2. The predicted molar refractivity (Wildman–Crippen MR) is 90.6 cm³/mol. The Morgan fingerprint density at radius 3 is 2.82 bits per heavy atom. The van der Waals surface area contributed by atoms with Gasteiger partial charge in [-0.3, -0.25) is 9.88 Å². The van der Waals surface area contributed by atoms with Crippen molar-refractivity contribution in [2.75, 3.05) is 6.54 Å². The molecule has 2 heterocycles. The van der Waals surface area contributed by atoms with Gasteiger partial charge in [-0.2, -0.15) is 0 Å². The van der Waals surface area contributed by atoms with Crippen molar-refractivity contribution in [1.29, 1.82) is 0 Å². The number of benzene rings is 2.